The molecule has 2 fully saturated rings. The number of rotatable bonds is 7. The summed E-state index contributed by atoms with van der Waals surface area (Å²) >= 11 is 6.09. The third kappa shape index (κ3) is 7.52. The first-order valence-corrected chi connectivity index (χ1v) is 16.2. The van der Waals surface area contributed by atoms with E-state index in [9.17, 15) is 24.3 Å². The fourth-order valence-corrected chi connectivity index (χ4v) is 6.96. The van der Waals surface area contributed by atoms with Crippen LogP contribution >= 0.6 is 11.6 Å². The van der Waals surface area contributed by atoms with Crippen molar-refractivity contribution in [2.24, 2.45) is 11.3 Å². The van der Waals surface area contributed by atoms with Crippen molar-refractivity contribution in [3.8, 4) is 5.75 Å². The maximum atomic E-state index is 14.1. The molecule has 0 radical (unpaired) electrons. The zero-order chi connectivity index (χ0) is 32.4. The fraction of sp³-hybridized carbons (Fsp3) is 0.486. The normalized spacial score (nSPS) is 17.9. The van der Waals surface area contributed by atoms with Crippen LogP contribution in [0.15, 0.2) is 57.7 Å². The van der Waals surface area contributed by atoms with Crippen molar-refractivity contribution in [3.05, 3.63) is 75.1 Å². The van der Waals surface area contributed by atoms with Crippen molar-refractivity contribution in [2.75, 3.05) is 13.1 Å². The lowest BCUT2D eigenvalue weighted by Gasteiger charge is -2.48. The van der Waals surface area contributed by atoms with Gasteiger partial charge in [-0.3, -0.25) is 19.2 Å². The number of phenolic OH excluding ortho intramolecular Hbond substituents is 1. The third-order valence-corrected chi connectivity index (χ3v) is 9.44. The zero-order valence-electron chi connectivity index (χ0n) is 26.2. The number of likely N-dealkylation sites (tertiary alicyclic amines) is 1. The number of amides is 3. The second kappa shape index (κ2) is 13.3. The molecule has 9 nitrogen and oxygen atoms in total. The van der Waals surface area contributed by atoms with E-state index in [4.69, 9.17) is 16.0 Å². The number of aromatic hydroxyl groups is 1. The fourth-order valence-electron chi connectivity index (χ4n) is 6.83. The summed E-state index contributed by atoms with van der Waals surface area (Å²) in [5, 5.41) is 16.5. The molecule has 3 N–H and O–H groups in total. The van der Waals surface area contributed by atoms with Crippen molar-refractivity contribution in [2.45, 2.75) is 83.7 Å². The van der Waals surface area contributed by atoms with Crippen LogP contribution in [0.4, 0.5) is 0 Å². The van der Waals surface area contributed by atoms with Gasteiger partial charge in [-0.25, -0.2) is 0 Å². The first kappa shape index (κ1) is 32.5. The van der Waals surface area contributed by atoms with Crippen LogP contribution in [0.2, 0.25) is 5.02 Å². The molecule has 2 aromatic carbocycles. The van der Waals surface area contributed by atoms with Crippen LogP contribution in [0, 0.1) is 11.3 Å². The third-order valence-electron chi connectivity index (χ3n) is 9.19. The van der Waals surface area contributed by atoms with Gasteiger partial charge in [0, 0.05) is 36.1 Å². The molecule has 2 aliphatic rings. The van der Waals surface area contributed by atoms with Gasteiger partial charge in [-0.05, 0) is 88.3 Å². The number of benzene rings is 2. The van der Waals surface area contributed by atoms with Gasteiger partial charge in [0.15, 0.2) is 11.2 Å². The average molecular weight is 636 g/mol. The van der Waals surface area contributed by atoms with Gasteiger partial charge in [-0.1, -0.05) is 43.0 Å². The highest BCUT2D eigenvalue weighted by atomic mass is 35.5. The summed E-state index contributed by atoms with van der Waals surface area (Å²) in [5.74, 6) is -0.952. The number of carbonyl (C=O) groups is 3. The molecule has 1 saturated carbocycles. The standard InChI is InChI=1S/C35H42ClN3O6/c1-34(2,3)38-33(44)35(23-7-5-4-6-8-23)15-17-39(18-16-35)32(43)27(19-22-9-11-24(36)12-10-22)37-31(42)30-21-28(41)26-20-25(40)13-14-29(26)45-30/h9-14,20-21,23,27,40H,4-8,15-19H2,1-3H3,(H,37,42)(H,38,44)/t27-/m1/s1. The van der Waals surface area contributed by atoms with Gasteiger partial charge in [0.05, 0.1) is 10.8 Å². The molecule has 1 saturated heterocycles. The molecule has 0 bridgehead atoms. The Balaban J connectivity index is 1.38. The highest BCUT2D eigenvalue weighted by molar-refractivity contribution is 6.30. The molecule has 1 aromatic heterocycles. The molecule has 1 atom stereocenters. The molecular formula is C35H42ClN3O6. The average Bonchev–Trinajstić information content (AvgIpc) is 3.01. The Morgan fingerprint density at radius 2 is 1.69 bits per heavy atom. The Bertz CT molecular complexity index is 1610. The molecule has 3 aromatic rings. The molecule has 2 heterocycles. The van der Waals surface area contributed by atoms with E-state index in [0.717, 1.165) is 37.3 Å². The minimum atomic E-state index is -0.954. The second-order valence-electron chi connectivity index (χ2n) is 13.5. The minimum absolute atomic E-state index is 0.0691. The Morgan fingerprint density at radius 3 is 2.33 bits per heavy atom. The van der Waals surface area contributed by atoms with Gasteiger partial charge in [0.25, 0.3) is 5.91 Å². The molecule has 0 spiro atoms. The lowest BCUT2D eigenvalue weighted by Crippen LogP contribution is -2.59. The number of hydrogen-bond donors (Lipinski definition) is 3. The van der Waals surface area contributed by atoms with E-state index < -0.39 is 22.8 Å². The van der Waals surface area contributed by atoms with Crippen molar-refractivity contribution in [1.29, 1.82) is 0 Å². The van der Waals surface area contributed by atoms with Crippen molar-refractivity contribution in [3.63, 3.8) is 0 Å². The van der Waals surface area contributed by atoms with Crippen LogP contribution in [-0.4, -0.2) is 52.4 Å². The highest BCUT2D eigenvalue weighted by Crippen LogP contribution is 2.46. The number of phenols is 1. The molecule has 0 unspecified atom stereocenters. The van der Waals surface area contributed by atoms with Crippen LogP contribution in [0.3, 0.4) is 0 Å². The van der Waals surface area contributed by atoms with Gasteiger partial charge in [0.1, 0.15) is 17.4 Å². The van der Waals surface area contributed by atoms with Gasteiger partial charge >= 0.3 is 0 Å². The van der Waals surface area contributed by atoms with E-state index in [1.54, 1.807) is 29.2 Å². The van der Waals surface area contributed by atoms with E-state index in [1.165, 1.54) is 24.6 Å². The minimum Gasteiger partial charge on any atom is -0.508 e. The number of hydrogen-bond acceptors (Lipinski definition) is 6. The molecule has 5 rings (SSSR count). The number of halogens is 1. The van der Waals surface area contributed by atoms with E-state index in [1.807, 2.05) is 20.8 Å². The van der Waals surface area contributed by atoms with Crippen LogP contribution in [0.1, 0.15) is 81.8 Å². The van der Waals surface area contributed by atoms with Gasteiger partial charge in [-0.15, -0.1) is 0 Å². The van der Waals surface area contributed by atoms with Crippen LogP contribution < -0.4 is 16.1 Å². The van der Waals surface area contributed by atoms with E-state index in [2.05, 4.69) is 10.6 Å². The number of nitrogens with one attached hydrogen (secondary N) is 2. The second-order valence-corrected chi connectivity index (χ2v) is 14.0. The summed E-state index contributed by atoms with van der Waals surface area (Å²) in [4.78, 5) is 55.8. The predicted octanol–water partition coefficient (Wildman–Crippen LogP) is 5.60. The lowest BCUT2D eigenvalue weighted by atomic mass is 9.63. The Labute approximate surface area is 268 Å². The molecule has 45 heavy (non-hydrogen) atoms. The summed E-state index contributed by atoms with van der Waals surface area (Å²) in [6.07, 6.45) is 6.73. The quantitative estimate of drug-likeness (QED) is 0.310. The molecule has 240 valence electrons. The van der Waals surface area contributed by atoms with Gasteiger partial charge in [0.2, 0.25) is 11.8 Å². The predicted molar refractivity (Wildman–Crippen MR) is 173 cm³/mol. The maximum Gasteiger partial charge on any atom is 0.287 e. The number of carbonyl (C=O) groups excluding carboxylic acids is 3. The molecule has 1 aliphatic carbocycles. The lowest BCUT2D eigenvalue weighted by molar-refractivity contribution is -0.147. The van der Waals surface area contributed by atoms with Crippen molar-refractivity contribution in [1.82, 2.24) is 15.5 Å². The largest absolute Gasteiger partial charge is 0.508 e. The van der Waals surface area contributed by atoms with E-state index >= 15 is 0 Å². The van der Waals surface area contributed by atoms with Crippen molar-refractivity contribution < 1.29 is 23.9 Å². The zero-order valence-corrected chi connectivity index (χ0v) is 26.9. The summed E-state index contributed by atoms with van der Waals surface area (Å²) < 4.78 is 5.70. The van der Waals surface area contributed by atoms with E-state index in [-0.39, 0.29) is 52.2 Å². The molecule has 3 amide bonds. The molecular weight excluding hydrogens is 594 g/mol. The molecule has 1 aliphatic heterocycles. The monoisotopic (exact) mass is 635 g/mol. The maximum absolute atomic E-state index is 14.1. The molecule has 10 heteroatoms. The van der Waals surface area contributed by atoms with Crippen LogP contribution in [0.5, 0.6) is 5.75 Å². The number of nitrogens with zero attached hydrogens (tertiary/aromatic N) is 1. The number of piperidine rings is 1. The van der Waals surface area contributed by atoms with Gasteiger partial charge in [-0.2, -0.15) is 0 Å². The van der Waals surface area contributed by atoms with Gasteiger partial charge < -0.3 is 25.1 Å². The van der Waals surface area contributed by atoms with Crippen LogP contribution in [-0.2, 0) is 16.0 Å². The Kier molecular flexibility index (Phi) is 9.58. The Hall–Kier alpha value is -3.85. The highest BCUT2D eigenvalue weighted by Gasteiger charge is 2.49. The number of fused-ring (bicyclic) bond motifs is 1. The van der Waals surface area contributed by atoms with E-state index in [0.29, 0.717) is 31.0 Å². The van der Waals surface area contributed by atoms with Crippen molar-refractivity contribution >= 4 is 40.3 Å². The summed E-state index contributed by atoms with van der Waals surface area (Å²) in [6, 6.07) is 11.2. The topological polar surface area (TPSA) is 129 Å². The summed E-state index contributed by atoms with van der Waals surface area (Å²) in [5.41, 5.74) is -0.442. The SMILES string of the molecule is CC(C)(C)NC(=O)C1(C2CCCCC2)CCN(C(=O)[C@@H](Cc2ccc(Cl)cc2)NC(=O)c2cc(=O)c3cc(O)ccc3o2)CC1. The first-order chi connectivity index (χ1) is 21.3. The smallest absolute Gasteiger partial charge is 0.287 e. The van der Waals surface area contributed by atoms with Crippen LogP contribution in [0.25, 0.3) is 11.0 Å². The summed E-state index contributed by atoms with van der Waals surface area (Å²) in [7, 11) is 0. The Morgan fingerprint density at radius 1 is 1.02 bits per heavy atom. The first-order valence-electron chi connectivity index (χ1n) is 15.8. The summed E-state index contributed by atoms with van der Waals surface area (Å²) in [6.45, 7) is 6.76.